The van der Waals surface area contributed by atoms with Gasteiger partial charge in [0.2, 0.25) is 5.91 Å². The molecular weight excluding hydrogens is 226 g/mol. The highest BCUT2D eigenvalue weighted by molar-refractivity contribution is 5.85. The minimum absolute atomic E-state index is 0.298. The third-order valence-electron chi connectivity index (χ3n) is 5.62. The Kier molecular flexibility index (Phi) is 3.10. The maximum absolute atomic E-state index is 11.5. The molecule has 1 heterocycles. The second kappa shape index (κ2) is 4.49. The summed E-state index contributed by atoms with van der Waals surface area (Å²) in [6, 6.07) is 0.817. The van der Waals surface area contributed by atoms with Crippen LogP contribution in [0.1, 0.15) is 44.9 Å². The van der Waals surface area contributed by atoms with Gasteiger partial charge in [0.1, 0.15) is 0 Å². The summed E-state index contributed by atoms with van der Waals surface area (Å²) >= 11 is 0. The van der Waals surface area contributed by atoms with E-state index >= 15 is 0 Å². The minimum atomic E-state index is -0.723. The quantitative estimate of drug-likeness (QED) is 0.778. The zero-order valence-corrected chi connectivity index (χ0v) is 11.1. The number of carbonyl (C=O) groups excluding carboxylic acids is 1. The van der Waals surface area contributed by atoms with Crippen molar-refractivity contribution in [1.29, 1.82) is 0 Å². The van der Waals surface area contributed by atoms with Crippen LogP contribution in [0.15, 0.2) is 0 Å². The number of nitrogens with zero attached hydrogens (tertiary/aromatic N) is 1. The predicted octanol–water partition coefficient (Wildman–Crippen LogP) is 0.844. The largest absolute Gasteiger partial charge is 0.368 e. The molecule has 0 aromatic carbocycles. The third kappa shape index (κ3) is 1.95. The zero-order valence-electron chi connectivity index (χ0n) is 11.1. The van der Waals surface area contributed by atoms with Crippen LogP contribution in [0.25, 0.3) is 0 Å². The van der Waals surface area contributed by atoms with Gasteiger partial charge >= 0.3 is 0 Å². The van der Waals surface area contributed by atoms with E-state index in [4.69, 9.17) is 11.5 Å². The summed E-state index contributed by atoms with van der Waals surface area (Å²) in [7, 11) is 0. The molecule has 4 nitrogen and oxygen atoms in total. The molecule has 2 aliphatic carbocycles. The van der Waals surface area contributed by atoms with Crippen LogP contribution in [-0.2, 0) is 4.79 Å². The lowest BCUT2D eigenvalue weighted by atomic mass is 9.85. The highest BCUT2D eigenvalue weighted by Crippen LogP contribution is 2.40. The molecule has 102 valence electrons. The van der Waals surface area contributed by atoms with Crippen LogP contribution in [0.2, 0.25) is 0 Å². The molecule has 0 spiro atoms. The van der Waals surface area contributed by atoms with Crippen LogP contribution in [0, 0.1) is 11.8 Å². The first kappa shape index (κ1) is 12.4. The molecule has 3 fully saturated rings. The van der Waals surface area contributed by atoms with Crippen molar-refractivity contribution in [3.05, 3.63) is 0 Å². The number of fused-ring (bicyclic) bond motifs is 2. The van der Waals surface area contributed by atoms with Crippen molar-refractivity contribution in [3.63, 3.8) is 0 Å². The number of amides is 1. The van der Waals surface area contributed by atoms with Crippen LogP contribution in [0.4, 0.5) is 0 Å². The maximum atomic E-state index is 11.5. The fourth-order valence-electron chi connectivity index (χ4n) is 4.45. The molecule has 4 atom stereocenters. The van der Waals surface area contributed by atoms with E-state index in [-0.39, 0.29) is 5.91 Å². The van der Waals surface area contributed by atoms with Gasteiger partial charge in [0.15, 0.2) is 0 Å². The van der Waals surface area contributed by atoms with Gasteiger partial charge in [-0.3, -0.25) is 4.79 Å². The molecule has 0 aromatic rings. The molecule has 1 aliphatic heterocycles. The van der Waals surface area contributed by atoms with Crippen molar-refractivity contribution in [1.82, 2.24) is 4.90 Å². The predicted molar refractivity (Wildman–Crippen MR) is 70.8 cm³/mol. The van der Waals surface area contributed by atoms with Gasteiger partial charge in [-0.15, -0.1) is 0 Å². The fraction of sp³-hybridized carbons (Fsp3) is 0.929. The van der Waals surface area contributed by atoms with Crippen LogP contribution >= 0.6 is 0 Å². The number of nitrogens with two attached hydrogens (primary N) is 2. The number of primary amides is 1. The maximum Gasteiger partial charge on any atom is 0.237 e. The van der Waals surface area contributed by atoms with Gasteiger partial charge in [-0.05, 0) is 56.9 Å². The van der Waals surface area contributed by atoms with Gasteiger partial charge in [-0.2, -0.15) is 0 Å². The van der Waals surface area contributed by atoms with Crippen molar-refractivity contribution in [2.75, 3.05) is 13.1 Å². The van der Waals surface area contributed by atoms with E-state index in [1.54, 1.807) is 0 Å². The Hall–Kier alpha value is -0.610. The summed E-state index contributed by atoms with van der Waals surface area (Å²) in [5.74, 6) is 0.944. The number of piperidine rings is 1. The Morgan fingerprint density at radius 3 is 2.78 bits per heavy atom. The van der Waals surface area contributed by atoms with E-state index in [9.17, 15) is 4.79 Å². The lowest BCUT2D eigenvalue weighted by molar-refractivity contribution is -0.124. The summed E-state index contributed by atoms with van der Waals surface area (Å²) in [6.45, 7) is 2.38. The van der Waals surface area contributed by atoms with Gasteiger partial charge < -0.3 is 16.4 Å². The molecule has 1 amide bonds. The first-order valence-corrected chi connectivity index (χ1v) is 7.42. The minimum Gasteiger partial charge on any atom is -0.368 e. The molecular formula is C14H25N3O. The van der Waals surface area contributed by atoms with E-state index in [0.29, 0.717) is 5.92 Å². The first-order chi connectivity index (χ1) is 8.59. The molecule has 4 heteroatoms. The first-order valence-electron chi connectivity index (χ1n) is 7.42. The van der Waals surface area contributed by atoms with E-state index in [1.165, 1.54) is 25.8 Å². The van der Waals surface area contributed by atoms with E-state index in [0.717, 1.165) is 44.2 Å². The van der Waals surface area contributed by atoms with Crippen LogP contribution in [-0.4, -0.2) is 35.5 Å². The molecule has 1 saturated heterocycles. The molecule has 0 aromatic heterocycles. The Bertz CT molecular complexity index is 346. The van der Waals surface area contributed by atoms with Gasteiger partial charge in [0.25, 0.3) is 0 Å². The lowest BCUT2D eigenvalue weighted by Gasteiger charge is -2.32. The van der Waals surface area contributed by atoms with Crippen LogP contribution in [0.3, 0.4) is 0 Å². The summed E-state index contributed by atoms with van der Waals surface area (Å²) in [5, 5.41) is 0. The highest BCUT2D eigenvalue weighted by Gasteiger charge is 2.45. The topological polar surface area (TPSA) is 72.3 Å². The van der Waals surface area contributed by atoms with E-state index in [1.807, 2.05) is 0 Å². The molecule has 2 bridgehead atoms. The average Bonchev–Trinajstić information content (AvgIpc) is 3.01. The molecule has 4 N–H and O–H groups in total. The van der Waals surface area contributed by atoms with Crippen molar-refractivity contribution in [2.45, 2.75) is 56.5 Å². The molecule has 4 unspecified atom stereocenters. The van der Waals surface area contributed by atoms with Gasteiger partial charge in [-0.1, -0.05) is 6.42 Å². The number of carbonyl (C=O) groups is 1. The zero-order chi connectivity index (χ0) is 12.8. The van der Waals surface area contributed by atoms with Crippen LogP contribution in [0.5, 0.6) is 0 Å². The Balaban J connectivity index is 1.55. The second-order valence-electron chi connectivity index (χ2n) is 6.61. The third-order valence-corrected chi connectivity index (χ3v) is 5.62. The molecule has 2 saturated carbocycles. The van der Waals surface area contributed by atoms with Gasteiger partial charge in [0.05, 0.1) is 5.54 Å². The van der Waals surface area contributed by atoms with Crippen molar-refractivity contribution >= 4 is 5.91 Å². The summed E-state index contributed by atoms with van der Waals surface area (Å²) in [4.78, 5) is 14.2. The van der Waals surface area contributed by atoms with Gasteiger partial charge in [-0.25, -0.2) is 0 Å². The summed E-state index contributed by atoms with van der Waals surface area (Å²) in [5.41, 5.74) is 11.0. The van der Waals surface area contributed by atoms with E-state index < -0.39 is 5.54 Å². The van der Waals surface area contributed by atoms with E-state index in [2.05, 4.69) is 4.90 Å². The smallest absolute Gasteiger partial charge is 0.237 e. The second-order valence-corrected chi connectivity index (χ2v) is 6.61. The number of likely N-dealkylation sites (tertiary alicyclic amines) is 1. The fourth-order valence-corrected chi connectivity index (χ4v) is 4.45. The molecule has 0 radical (unpaired) electrons. The standard InChI is InChI=1S/C14H25N3O/c15-13(18)14(16)6-1-2-11(14)5-7-17-9-10-3-4-12(17)8-10/h10-12H,1-9,16H2,(H2,15,18). The SMILES string of the molecule is NC(=O)C1(N)CCCC1CCN1CC2CCC1C2. The lowest BCUT2D eigenvalue weighted by Crippen LogP contribution is -2.55. The Labute approximate surface area is 109 Å². The van der Waals surface area contributed by atoms with Crippen LogP contribution < -0.4 is 11.5 Å². The normalized spacial score (nSPS) is 43.7. The highest BCUT2D eigenvalue weighted by atomic mass is 16.1. The molecule has 3 aliphatic rings. The molecule has 18 heavy (non-hydrogen) atoms. The Morgan fingerprint density at radius 2 is 2.17 bits per heavy atom. The molecule has 3 rings (SSSR count). The number of rotatable bonds is 4. The van der Waals surface area contributed by atoms with Crippen molar-refractivity contribution in [3.8, 4) is 0 Å². The number of hydrogen-bond donors (Lipinski definition) is 2. The van der Waals surface area contributed by atoms with Crippen molar-refractivity contribution in [2.24, 2.45) is 23.3 Å². The van der Waals surface area contributed by atoms with Gasteiger partial charge in [0, 0.05) is 12.6 Å². The monoisotopic (exact) mass is 251 g/mol. The number of hydrogen-bond acceptors (Lipinski definition) is 3. The summed E-state index contributed by atoms with van der Waals surface area (Å²) < 4.78 is 0. The average molecular weight is 251 g/mol. The Morgan fingerprint density at radius 1 is 1.33 bits per heavy atom. The summed E-state index contributed by atoms with van der Waals surface area (Å²) in [6.07, 6.45) is 8.14. The van der Waals surface area contributed by atoms with Crippen molar-refractivity contribution < 1.29 is 4.79 Å².